The van der Waals surface area contributed by atoms with E-state index in [2.05, 4.69) is 0 Å². The standard InChI is InChI=1S/C25H19F3O4/c1-31-23(29)19-9-5-17(6-10-19)22(18-7-11-20(12-8-18)24(30)32-2)15-16-3-13-21(14-4-16)25(26,27)28/h3-15H,1-2H3. The molecule has 0 saturated heterocycles. The minimum atomic E-state index is -4.42. The molecule has 3 rings (SSSR count). The first kappa shape index (κ1) is 22.8. The second-order valence-corrected chi connectivity index (χ2v) is 6.82. The second kappa shape index (κ2) is 9.51. The minimum Gasteiger partial charge on any atom is -0.465 e. The average molecular weight is 440 g/mol. The van der Waals surface area contributed by atoms with E-state index in [0.29, 0.717) is 22.3 Å². The van der Waals surface area contributed by atoms with Crippen molar-refractivity contribution in [1.29, 1.82) is 0 Å². The molecule has 0 unspecified atom stereocenters. The summed E-state index contributed by atoms with van der Waals surface area (Å²) in [5.41, 5.74) is 2.70. The van der Waals surface area contributed by atoms with Crippen molar-refractivity contribution >= 4 is 23.6 Å². The summed E-state index contributed by atoms with van der Waals surface area (Å²) in [5.74, 6) is -0.959. The first-order valence-corrected chi connectivity index (χ1v) is 9.49. The van der Waals surface area contributed by atoms with Crippen LogP contribution < -0.4 is 0 Å². The van der Waals surface area contributed by atoms with E-state index >= 15 is 0 Å². The van der Waals surface area contributed by atoms with E-state index < -0.39 is 23.7 Å². The zero-order chi connectivity index (χ0) is 23.3. The molecule has 0 saturated carbocycles. The van der Waals surface area contributed by atoms with Crippen molar-refractivity contribution in [2.75, 3.05) is 14.2 Å². The third-order valence-electron chi connectivity index (χ3n) is 4.78. The Bertz CT molecular complexity index is 1070. The van der Waals surface area contributed by atoms with Crippen molar-refractivity contribution in [2.45, 2.75) is 6.18 Å². The summed E-state index contributed by atoms with van der Waals surface area (Å²) in [7, 11) is 2.57. The first-order chi connectivity index (χ1) is 15.2. The molecule has 0 amide bonds. The topological polar surface area (TPSA) is 52.6 Å². The predicted octanol–water partition coefficient (Wildman–Crippen LogP) is 5.87. The quantitative estimate of drug-likeness (QED) is 0.368. The molecule has 0 radical (unpaired) electrons. The van der Waals surface area contributed by atoms with Gasteiger partial charge < -0.3 is 9.47 Å². The van der Waals surface area contributed by atoms with Gasteiger partial charge in [-0.3, -0.25) is 0 Å². The molecule has 0 bridgehead atoms. The van der Waals surface area contributed by atoms with Crippen molar-refractivity contribution in [2.24, 2.45) is 0 Å². The van der Waals surface area contributed by atoms with E-state index in [4.69, 9.17) is 9.47 Å². The van der Waals surface area contributed by atoms with Crippen LogP contribution >= 0.6 is 0 Å². The summed E-state index contributed by atoms with van der Waals surface area (Å²) in [5, 5.41) is 0. The van der Waals surface area contributed by atoms with Crippen LogP contribution in [0.25, 0.3) is 11.6 Å². The van der Waals surface area contributed by atoms with Crippen LogP contribution in [0.15, 0.2) is 72.8 Å². The number of rotatable bonds is 5. The molecule has 32 heavy (non-hydrogen) atoms. The summed E-state index contributed by atoms with van der Waals surface area (Å²) in [6.07, 6.45) is -2.68. The highest BCUT2D eigenvalue weighted by atomic mass is 19.4. The number of carbonyl (C=O) groups excluding carboxylic acids is 2. The van der Waals surface area contributed by atoms with E-state index in [1.807, 2.05) is 0 Å². The highest BCUT2D eigenvalue weighted by Gasteiger charge is 2.29. The average Bonchev–Trinajstić information content (AvgIpc) is 2.81. The van der Waals surface area contributed by atoms with Gasteiger partial charge in [-0.15, -0.1) is 0 Å². The van der Waals surface area contributed by atoms with Gasteiger partial charge in [0.2, 0.25) is 0 Å². The van der Waals surface area contributed by atoms with Gasteiger partial charge in [0, 0.05) is 0 Å². The zero-order valence-corrected chi connectivity index (χ0v) is 17.3. The van der Waals surface area contributed by atoms with Crippen LogP contribution in [-0.2, 0) is 15.7 Å². The van der Waals surface area contributed by atoms with Crippen molar-refractivity contribution in [1.82, 2.24) is 0 Å². The van der Waals surface area contributed by atoms with Gasteiger partial charge in [0.15, 0.2) is 0 Å². The number of hydrogen-bond donors (Lipinski definition) is 0. The number of esters is 2. The molecule has 3 aromatic rings. The minimum absolute atomic E-state index is 0.367. The van der Waals surface area contributed by atoms with Gasteiger partial charge in [0.25, 0.3) is 0 Å². The van der Waals surface area contributed by atoms with Gasteiger partial charge in [-0.1, -0.05) is 36.4 Å². The lowest BCUT2D eigenvalue weighted by molar-refractivity contribution is -0.137. The smallest absolute Gasteiger partial charge is 0.416 e. The Hall–Kier alpha value is -3.87. The lowest BCUT2D eigenvalue weighted by Gasteiger charge is -2.11. The number of alkyl halides is 3. The Morgan fingerprint density at radius 2 is 1.03 bits per heavy atom. The monoisotopic (exact) mass is 440 g/mol. The van der Waals surface area contributed by atoms with E-state index in [1.54, 1.807) is 54.6 Å². The number of carbonyl (C=O) groups is 2. The molecule has 0 aromatic heterocycles. The number of ether oxygens (including phenoxy) is 2. The summed E-state index contributed by atoms with van der Waals surface area (Å²) in [6.45, 7) is 0. The summed E-state index contributed by atoms with van der Waals surface area (Å²) >= 11 is 0. The third-order valence-corrected chi connectivity index (χ3v) is 4.78. The Morgan fingerprint density at radius 1 is 0.656 bits per heavy atom. The van der Waals surface area contributed by atoms with E-state index in [-0.39, 0.29) is 0 Å². The van der Waals surface area contributed by atoms with Crippen molar-refractivity contribution in [3.63, 3.8) is 0 Å². The molecule has 7 heteroatoms. The van der Waals surface area contributed by atoms with Crippen LogP contribution in [0, 0.1) is 0 Å². The SMILES string of the molecule is COC(=O)c1ccc(C(=Cc2ccc(C(F)(F)F)cc2)c2ccc(C(=O)OC)cc2)cc1. The zero-order valence-electron chi connectivity index (χ0n) is 17.3. The lowest BCUT2D eigenvalue weighted by Crippen LogP contribution is -2.04. The van der Waals surface area contributed by atoms with Gasteiger partial charge in [0.1, 0.15) is 0 Å². The molecular weight excluding hydrogens is 421 g/mol. The van der Waals surface area contributed by atoms with Gasteiger partial charge in [-0.2, -0.15) is 13.2 Å². The molecular formula is C25H19F3O4. The molecule has 0 aliphatic heterocycles. The van der Waals surface area contributed by atoms with Crippen LogP contribution in [0.5, 0.6) is 0 Å². The second-order valence-electron chi connectivity index (χ2n) is 6.82. The first-order valence-electron chi connectivity index (χ1n) is 9.49. The fourth-order valence-electron chi connectivity index (χ4n) is 3.08. The molecule has 0 fully saturated rings. The van der Waals surface area contributed by atoms with Crippen LogP contribution in [0.2, 0.25) is 0 Å². The molecule has 0 N–H and O–H groups in total. The summed E-state index contributed by atoms with van der Waals surface area (Å²) in [4.78, 5) is 23.5. The molecule has 0 aliphatic carbocycles. The molecule has 0 spiro atoms. The van der Waals surface area contributed by atoms with Crippen LogP contribution in [0.4, 0.5) is 13.2 Å². The maximum absolute atomic E-state index is 12.9. The van der Waals surface area contributed by atoms with E-state index in [1.165, 1.54) is 26.4 Å². The Labute approximate surface area is 182 Å². The summed E-state index contributed by atoms with van der Waals surface area (Å²) in [6, 6.07) is 18.1. The van der Waals surface area contributed by atoms with Crippen LogP contribution in [0.1, 0.15) is 43.0 Å². The molecule has 0 aliphatic rings. The van der Waals surface area contributed by atoms with E-state index in [0.717, 1.165) is 23.3 Å². The maximum atomic E-state index is 12.9. The number of halogens is 3. The van der Waals surface area contributed by atoms with Gasteiger partial charge in [-0.05, 0) is 64.7 Å². The largest absolute Gasteiger partial charge is 0.465 e. The van der Waals surface area contributed by atoms with E-state index in [9.17, 15) is 22.8 Å². The van der Waals surface area contributed by atoms with Gasteiger partial charge >= 0.3 is 18.1 Å². The molecule has 0 heterocycles. The molecule has 3 aromatic carbocycles. The highest BCUT2D eigenvalue weighted by Crippen LogP contribution is 2.31. The normalized spacial score (nSPS) is 10.9. The number of benzene rings is 3. The van der Waals surface area contributed by atoms with Gasteiger partial charge in [-0.25, -0.2) is 9.59 Å². The summed E-state index contributed by atoms with van der Waals surface area (Å²) < 4.78 is 48.1. The number of methoxy groups -OCH3 is 2. The molecule has 0 atom stereocenters. The van der Waals surface area contributed by atoms with Crippen LogP contribution in [0.3, 0.4) is 0 Å². The Morgan fingerprint density at radius 3 is 1.38 bits per heavy atom. The molecule has 164 valence electrons. The Balaban J connectivity index is 2.06. The van der Waals surface area contributed by atoms with Gasteiger partial charge in [0.05, 0.1) is 30.9 Å². The lowest BCUT2D eigenvalue weighted by atomic mass is 9.94. The van der Waals surface area contributed by atoms with Crippen molar-refractivity contribution in [3.05, 3.63) is 106 Å². The third kappa shape index (κ3) is 5.24. The van der Waals surface area contributed by atoms with Crippen molar-refractivity contribution < 1.29 is 32.2 Å². The van der Waals surface area contributed by atoms with Crippen molar-refractivity contribution in [3.8, 4) is 0 Å². The van der Waals surface area contributed by atoms with Crippen LogP contribution in [-0.4, -0.2) is 26.2 Å². The maximum Gasteiger partial charge on any atom is 0.416 e. The fraction of sp³-hybridized carbons (Fsp3) is 0.120. The fourth-order valence-corrected chi connectivity index (χ4v) is 3.08. The molecule has 4 nitrogen and oxygen atoms in total. The predicted molar refractivity (Wildman–Crippen MR) is 114 cm³/mol. The number of hydrogen-bond acceptors (Lipinski definition) is 4. The Kier molecular flexibility index (Phi) is 6.78. The highest BCUT2D eigenvalue weighted by molar-refractivity contribution is 5.95.